The third-order valence-electron chi connectivity index (χ3n) is 1.19. The molecular formula is C6H7N2O3S-. The molecule has 5 nitrogen and oxygen atoms in total. The Morgan fingerprint density at radius 2 is 2.00 bits per heavy atom. The molecule has 0 saturated heterocycles. The average molecular weight is 187 g/mol. The van der Waals surface area contributed by atoms with E-state index in [9.17, 15) is 8.76 Å². The van der Waals surface area contributed by atoms with Crippen molar-refractivity contribution in [3.05, 3.63) is 24.3 Å². The van der Waals surface area contributed by atoms with Crippen molar-refractivity contribution in [1.29, 1.82) is 0 Å². The van der Waals surface area contributed by atoms with Crippen molar-refractivity contribution < 1.29 is 12.9 Å². The third-order valence-corrected chi connectivity index (χ3v) is 1.51. The second kappa shape index (κ2) is 4.05. The van der Waals surface area contributed by atoms with Gasteiger partial charge in [-0.15, -0.1) is 0 Å². The molecule has 0 saturated carbocycles. The second-order valence-electron chi connectivity index (χ2n) is 1.96. The van der Waals surface area contributed by atoms with Crippen LogP contribution in [0.4, 0.5) is 5.69 Å². The smallest absolute Gasteiger partial charge is 0.139 e. The fraction of sp³-hybridized carbons (Fsp3) is 0. The minimum atomic E-state index is -2.53. The molecule has 0 bridgehead atoms. The zero-order valence-electron chi connectivity index (χ0n) is 6.02. The Bertz CT molecular complexity index is 275. The summed E-state index contributed by atoms with van der Waals surface area (Å²) in [7, 11) is 0. The van der Waals surface area contributed by atoms with Crippen LogP contribution in [0.5, 0.6) is 5.75 Å². The fourth-order valence-corrected chi connectivity index (χ4v) is 0.954. The van der Waals surface area contributed by atoms with Gasteiger partial charge in [-0.05, 0) is 24.3 Å². The first-order chi connectivity index (χ1) is 5.72. The van der Waals surface area contributed by atoms with Crippen LogP contribution < -0.4 is 15.5 Å². The number of nitrogens with one attached hydrogen (secondary N) is 1. The Kier molecular flexibility index (Phi) is 3.03. The quantitative estimate of drug-likeness (QED) is 0.399. The summed E-state index contributed by atoms with van der Waals surface area (Å²) in [4.78, 5) is 0. The first kappa shape index (κ1) is 8.98. The number of benzene rings is 1. The number of nitrogen functional groups attached to an aromatic ring is 1. The predicted molar refractivity (Wildman–Crippen MR) is 43.8 cm³/mol. The SMILES string of the molecule is NNc1ccc(OS(=O)[O-])cc1. The van der Waals surface area contributed by atoms with Gasteiger partial charge in [0.15, 0.2) is 0 Å². The summed E-state index contributed by atoms with van der Waals surface area (Å²) in [5.41, 5.74) is 3.08. The van der Waals surface area contributed by atoms with Gasteiger partial charge in [0.25, 0.3) is 0 Å². The standard InChI is InChI=1S/C6H8N2O3S/c7-8-5-1-3-6(4-2-5)11-12(9)10/h1-4,8H,7H2,(H,9,10)/p-1. The van der Waals surface area contributed by atoms with Crippen molar-refractivity contribution in [3.8, 4) is 5.75 Å². The molecule has 6 heteroatoms. The largest absolute Gasteiger partial charge is 0.740 e. The maximum Gasteiger partial charge on any atom is 0.139 e. The normalized spacial score (nSPS) is 12.2. The molecule has 0 fully saturated rings. The molecule has 66 valence electrons. The molecular weight excluding hydrogens is 180 g/mol. The van der Waals surface area contributed by atoms with E-state index >= 15 is 0 Å². The highest BCUT2D eigenvalue weighted by molar-refractivity contribution is 7.74. The van der Waals surface area contributed by atoms with Crippen LogP contribution in [0.1, 0.15) is 0 Å². The van der Waals surface area contributed by atoms with E-state index < -0.39 is 11.4 Å². The highest BCUT2D eigenvalue weighted by atomic mass is 32.2. The van der Waals surface area contributed by atoms with E-state index in [-0.39, 0.29) is 5.75 Å². The van der Waals surface area contributed by atoms with E-state index in [1.807, 2.05) is 0 Å². The lowest BCUT2D eigenvalue weighted by atomic mass is 10.3. The summed E-state index contributed by atoms with van der Waals surface area (Å²) in [5.74, 6) is 5.34. The van der Waals surface area contributed by atoms with E-state index in [0.717, 1.165) is 0 Å². The van der Waals surface area contributed by atoms with Crippen LogP contribution in [0, 0.1) is 0 Å². The van der Waals surface area contributed by atoms with Gasteiger partial charge in [0.05, 0.1) is 0 Å². The van der Waals surface area contributed by atoms with Gasteiger partial charge in [-0.2, -0.15) is 0 Å². The van der Waals surface area contributed by atoms with Crippen LogP contribution in [-0.2, 0) is 11.4 Å². The second-order valence-corrected chi connectivity index (χ2v) is 2.53. The van der Waals surface area contributed by atoms with Crippen molar-refractivity contribution in [1.82, 2.24) is 0 Å². The third kappa shape index (κ3) is 2.50. The Morgan fingerprint density at radius 3 is 2.42 bits per heavy atom. The summed E-state index contributed by atoms with van der Waals surface area (Å²) >= 11 is -2.53. The lowest BCUT2D eigenvalue weighted by molar-refractivity contribution is 0.440. The number of nitrogens with two attached hydrogens (primary N) is 1. The van der Waals surface area contributed by atoms with E-state index in [0.29, 0.717) is 5.69 Å². The van der Waals surface area contributed by atoms with Crippen molar-refractivity contribution in [2.75, 3.05) is 5.43 Å². The number of hydrogen-bond donors (Lipinski definition) is 2. The molecule has 1 aromatic rings. The summed E-state index contributed by atoms with van der Waals surface area (Å²) < 4.78 is 24.5. The lowest BCUT2D eigenvalue weighted by Crippen LogP contribution is -2.06. The Morgan fingerprint density at radius 1 is 1.42 bits per heavy atom. The molecule has 0 heterocycles. The Balaban J connectivity index is 2.71. The van der Waals surface area contributed by atoms with Gasteiger partial charge in [-0.3, -0.25) is 5.84 Å². The van der Waals surface area contributed by atoms with E-state index in [2.05, 4.69) is 9.61 Å². The van der Waals surface area contributed by atoms with Gasteiger partial charge in [0, 0.05) is 5.69 Å². The molecule has 0 aliphatic rings. The molecule has 3 N–H and O–H groups in total. The molecule has 0 aliphatic carbocycles. The summed E-state index contributed by atoms with van der Waals surface area (Å²) in [5, 5.41) is 0. The van der Waals surface area contributed by atoms with Gasteiger partial charge >= 0.3 is 0 Å². The van der Waals surface area contributed by atoms with Gasteiger partial charge in [-0.1, -0.05) is 0 Å². The predicted octanol–water partition coefficient (Wildman–Crippen LogP) is 0.145. The van der Waals surface area contributed by atoms with Crippen LogP contribution >= 0.6 is 0 Å². The Labute approximate surface area is 72.0 Å². The molecule has 1 unspecified atom stereocenters. The van der Waals surface area contributed by atoms with E-state index in [4.69, 9.17) is 5.84 Å². The van der Waals surface area contributed by atoms with Crippen LogP contribution in [0.25, 0.3) is 0 Å². The molecule has 12 heavy (non-hydrogen) atoms. The van der Waals surface area contributed by atoms with Crippen LogP contribution in [0.2, 0.25) is 0 Å². The van der Waals surface area contributed by atoms with Crippen LogP contribution in [0.3, 0.4) is 0 Å². The highest BCUT2D eigenvalue weighted by Crippen LogP contribution is 2.14. The van der Waals surface area contributed by atoms with Gasteiger partial charge in [0.2, 0.25) is 0 Å². The summed E-state index contributed by atoms with van der Waals surface area (Å²) in [6.45, 7) is 0. The topological polar surface area (TPSA) is 87.4 Å². The highest BCUT2D eigenvalue weighted by Gasteiger charge is 1.92. The number of hydrazine groups is 1. The van der Waals surface area contributed by atoms with E-state index in [1.54, 1.807) is 12.1 Å². The number of rotatable bonds is 3. The zero-order valence-corrected chi connectivity index (χ0v) is 6.84. The van der Waals surface area contributed by atoms with Gasteiger partial charge < -0.3 is 14.2 Å². The van der Waals surface area contributed by atoms with Crippen molar-refractivity contribution in [3.63, 3.8) is 0 Å². The maximum atomic E-state index is 10.1. The molecule has 0 aliphatic heterocycles. The van der Waals surface area contributed by atoms with Crippen LogP contribution in [-0.4, -0.2) is 8.76 Å². The molecule has 1 atom stereocenters. The van der Waals surface area contributed by atoms with Crippen molar-refractivity contribution in [2.45, 2.75) is 0 Å². The molecule has 0 spiro atoms. The average Bonchev–Trinajstić information content (AvgIpc) is 2.05. The Hall–Kier alpha value is -1.11. The van der Waals surface area contributed by atoms with E-state index in [1.165, 1.54) is 12.1 Å². The summed E-state index contributed by atoms with van der Waals surface area (Å²) in [6, 6.07) is 6.18. The lowest BCUT2D eigenvalue weighted by Gasteiger charge is -2.07. The van der Waals surface area contributed by atoms with Crippen molar-refractivity contribution in [2.24, 2.45) is 5.84 Å². The first-order valence-corrected chi connectivity index (χ1v) is 4.06. The van der Waals surface area contributed by atoms with Crippen molar-refractivity contribution >= 4 is 17.0 Å². The maximum absolute atomic E-state index is 10.1. The monoisotopic (exact) mass is 187 g/mol. The van der Waals surface area contributed by atoms with Gasteiger partial charge in [-0.25, -0.2) is 4.21 Å². The van der Waals surface area contributed by atoms with Gasteiger partial charge in [0.1, 0.15) is 17.1 Å². The molecule has 1 rings (SSSR count). The number of hydrogen-bond acceptors (Lipinski definition) is 5. The van der Waals surface area contributed by atoms with Crippen LogP contribution in [0.15, 0.2) is 24.3 Å². The minimum absolute atomic E-state index is 0.252. The fourth-order valence-electron chi connectivity index (χ4n) is 0.685. The zero-order chi connectivity index (χ0) is 8.97. The molecule has 0 aromatic heterocycles. The molecule has 0 radical (unpaired) electrons. The number of anilines is 1. The first-order valence-electron chi connectivity index (χ1n) is 3.06. The minimum Gasteiger partial charge on any atom is -0.740 e. The molecule has 1 aromatic carbocycles. The summed E-state index contributed by atoms with van der Waals surface area (Å²) in [6.07, 6.45) is 0. The molecule has 0 amide bonds.